The van der Waals surface area contributed by atoms with Crippen LogP contribution in [0.4, 0.5) is 5.69 Å². The standard InChI is InChI=1S/C34H39N2O2/c1-22(2)17-18-36-29-16-10-8-14-27(29)34(3,20-23-11-5-6-12-23)30(36)19-25-32(37)31(33(25)38)26-21-35(4)28-15-9-7-13-24(26)28/h7-10,13-16,19,21-23,31H,5-6,11-12,17-18,20H2,1-4H3/q+1. The molecule has 0 amide bonds. The van der Waals surface area contributed by atoms with Crippen molar-refractivity contribution in [1.29, 1.82) is 0 Å². The second-order valence-electron chi connectivity index (χ2n) is 12.4. The zero-order valence-corrected chi connectivity index (χ0v) is 23.2. The lowest BCUT2D eigenvalue weighted by Gasteiger charge is -2.29. The molecule has 6 rings (SSSR count). The summed E-state index contributed by atoms with van der Waals surface area (Å²) >= 11 is 0. The van der Waals surface area contributed by atoms with E-state index in [9.17, 15) is 9.59 Å². The van der Waals surface area contributed by atoms with Crippen LogP contribution in [0.1, 0.15) is 76.3 Å². The molecule has 2 saturated carbocycles. The maximum absolute atomic E-state index is 13.7. The number of allylic oxidation sites excluding steroid dienone is 2. The molecule has 1 unspecified atom stereocenters. The maximum atomic E-state index is 13.7. The summed E-state index contributed by atoms with van der Waals surface area (Å²) in [6.45, 7) is 7.75. The number of rotatable bonds is 7. The van der Waals surface area contributed by atoms with E-state index in [2.05, 4.69) is 49.6 Å². The summed E-state index contributed by atoms with van der Waals surface area (Å²) in [6, 6.07) is 16.8. The number of hydrogen-bond donors (Lipinski definition) is 0. The highest BCUT2D eigenvalue weighted by Crippen LogP contribution is 2.48. The molecule has 38 heavy (non-hydrogen) atoms. The quantitative estimate of drug-likeness (QED) is 0.149. The molecule has 1 atom stereocenters. The summed E-state index contributed by atoms with van der Waals surface area (Å²) in [5.41, 5.74) is 5.76. The van der Waals surface area contributed by atoms with Crippen LogP contribution in [0, 0.1) is 11.8 Å². The summed E-state index contributed by atoms with van der Waals surface area (Å²) in [6.07, 6.45) is 11.2. The molecule has 196 valence electrons. The number of hydrogen-bond acceptors (Lipinski definition) is 2. The van der Waals surface area contributed by atoms with Crippen molar-refractivity contribution in [3.05, 3.63) is 77.5 Å². The van der Waals surface area contributed by atoms with Gasteiger partial charge in [0, 0.05) is 48.3 Å². The van der Waals surface area contributed by atoms with Gasteiger partial charge in [0.15, 0.2) is 17.3 Å². The van der Waals surface area contributed by atoms with Gasteiger partial charge in [-0.05, 0) is 36.8 Å². The Morgan fingerprint density at radius 3 is 2.45 bits per heavy atom. The molecular weight excluding hydrogens is 468 g/mol. The first kappa shape index (κ1) is 25.0. The normalized spacial score (nSPS) is 23.6. The molecule has 1 aromatic heterocycles. The Morgan fingerprint density at radius 2 is 1.71 bits per heavy atom. The zero-order valence-electron chi connectivity index (χ0n) is 23.2. The summed E-state index contributed by atoms with van der Waals surface area (Å²) in [7, 11) is 1.98. The second kappa shape index (κ2) is 9.48. The highest BCUT2D eigenvalue weighted by Gasteiger charge is 2.52. The molecule has 3 aromatic rings. The third-order valence-electron chi connectivity index (χ3n) is 9.32. The lowest BCUT2D eigenvalue weighted by Crippen LogP contribution is -2.41. The van der Waals surface area contributed by atoms with E-state index in [1.165, 1.54) is 36.9 Å². The van der Waals surface area contributed by atoms with Gasteiger partial charge in [0.1, 0.15) is 12.5 Å². The maximum Gasteiger partial charge on any atom is 0.209 e. The molecule has 0 bridgehead atoms. The zero-order chi connectivity index (χ0) is 26.6. The van der Waals surface area contributed by atoms with Crippen LogP contribution in [0.2, 0.25) is 0 Å². The number of aromatic nitrogens is 1. The van der Waals surface area contributed by atoms with E-state index in [-0.39, 0.29) is 17.0 Å². The third-order valence-corrected chi connectivity index (χ3v) is 9.32. The van der Waals surface area contributed by atoms with Crippen molar-refractivity contribution < 1.29 is 14.2 Å². The second-order valence-corrected chi connectivity index (χ2v) is 12.4. The summed E-state index contributed by atoms with van der Waals surface area (Å²) in [5, 5.41) is 0.992. The van der Waals surface area contributed by atoms with Crippen molar-refractivity contribution in [2.24, 2.45) is 18.9 Å². The van der Waals surface area contributed by atoms with Crippen LogP contribution in [0.15, 0.2) is 66.4 Å². The molecule has 1 aliphatic heterocycles. The third kappa shape index (κ3) is 3.92. The average Bonchev–Trinajstić information content (AvgIpc) is 3.59. The summed E-state index contributed by atoms with van der Waals surface area (Å²) in [4.78, 5) is 27.4. The lowest BCUT2D eigenvalue weighted by atomic mass is 9.68. The van der Waals surface area contributed by atoms with Crippen LogP contribution in [-0.4, -0.2) is 33.0 Å². The molecule has 4 heteroatoms. The summed E-state index contributed by atoms with van der Waals surface area (Å²) < 4.78 is 4.44. The van der Waals surface area contributed by atoms with E-state index in [0.717, 1.165) is 41.6 Å². The van der Waals surface area contributed by atoms with Crippen LogP contribution >= 0.6 is 0 Å². The highest BCUT2D eigenvalue weighted by atomic mass is 16.2. The number of Topliss-reactive ketones (excluding diaryl/α,β-unsaturated/α-hetero) is 2. The van der Waals surface area contributed by atoms with Gasteiger partial charge in [-0.1, -0.05) is 75.9 Å². The molecule has 4 nitrogen and oxygen atoms in total. The number of benzene rings is 2. The predicted molar refractivity (Wildman–Crippen MR) is 153 cm³/mol. The number of para-hydroxylation sites is 2. The van der Waals surface area contributed by atoms with Crippen LogP contribution in [-0.2, 0) is 22.1 Å². The van der Waals surface area contributed by atoms with Crippen LogP contribution in [0.25, 0.3) is 10.9 Å². The van der Waals surface area contributed by atoms with Crippen LogP contribution < -0.4 is 0 Å². The van der Waals surface area contributed by atoms with E-state index in [1.54, 1.807) is 0 Å². The number of carbonyl (C=O) groups excluding carboxylic acids is 2. The highest BCUT2D eigenvalue weighted by molar-refractivity contribution is 6.43. The minimum absolute atomic E-state index is 0.0400. The monoisotopic (exact) mass is 507 g/mol. The number of fused-ring (bicyclic) bond motifs is 2. The first-order valence-electron chi connectivity index (χ1n) is 14.4. The first-order chi connectivity index (χ1) is 18.3. The van der Waals surface area contributed by atoms with E-state index in [4.69, 9.17) is 0 Å². The molecule has 2 fully saturated rings. The van der Waals surface area contributed by atoms with Crippen molar-refractivity contribution in [3.8, 4) is 0 Å². The van der Waals surface area contributed by atoms with E-state index < -0.39 is 5.92 Å². The van der Waals surface area contributed by atoms with Crippen molar-refractivity contribution in [3.63, 3.8) is 0 Å². The van der Waals surface area contributed by atoms with Crippen molar-refractivity contribution >= 4 is 33.9 Å². The fourth-order valence-electron chi connectivity index (χ4n) is 7.25. The molecule has 0 spiro atoms. The number of aryl methyl sites for hydroxylation is 1. The van der Waals surface area contributed by atoms with Crippen LogP contribution in [0.5, 0.6) is 0 Å². The lowest BCUT2D eigenvalue weighted by molar-refractivity contribution is -0.439. The molecule has 0 radical (unpaired) electrons. The molecular formula is C34H39N2O2+. The topological polar surface area (TPSA) is 42.1 Å². The molecule has 2 aliphatic carbocycles. The molecule has 0 N–H and O–H groups in total. The minimum atomic E-state index is -0.693. The Labute approximate surface area is 226 Å². The molecule has 0 saturated heterocycles. The first-order valence-corrected chi connectivity index (χ1v) is 14.4. The van der Waals surface area contributed by atoms with Crippen LogP contribution in [0.3, 0.4) is 0 Å². The van der Waals surface area contributed by atoms with E-state index >= 15 is 0 Å². The van der Waals surface area contributed by atoms with Gasteiger partial charge in [-0.25, -0.2) is 0 Å². The average molecular weight is 508 g/mol. The van der Waals surface area contributed by atoms with Gasteiger partial charge in [0.05, 0.1) is 11.0 Å². The minimum Gasteiger partial charge on any atom is -0.350 e. The predicted octanol–water partition coefficient (Wildman–Crippen LogP) is 7.02. The number of ketones is 2. The van der Waals surface area contributed by atoms with Gasteiger partial charge in [-0.3, -0.25) is 9.59 Å². The van der Waals surface area contributed by atoms with Gasteiger partial charge in [0.25, 0.3) is 0 Å². The largest absolute Gasteiger partial charge is 0.350 e. The van der Waals surface area contributed by atoms with Gasteiger partial charge in [-0.15, -0.1) is 0 Å². The fraction of sp³-hybridized carbons (Fsp3) is 0.441. The Kier molecular flexibility index (Phi) is 6.25. The summed E-state index contributed by atoms with van der Waals surface area (Å²) in [5.74, 6) is 0.480. The van der Waals surface area contributed by atoms with E-state index in [0.29, 0.717) is 17.4 Å². The van der Waals surface area contributed by atoms with Crippen molar-refractivity contribution in [2.75, 3.05) is 6.54 Å². The molecule has 3 aliphatic rings. The smallest absolute Gasteiger partial charge is 0.209 e. The Morgan fingerprint density at radius 1 is 1.03 bits per heavy atom. The van der Waals surface area contributed by atoms with Crippen molar-refractivity contribution in [2.45, 2.75) is 70.6 Å². The Balaban J connectivity index is 1.43. The van der Waals surface area contributed by atoms with Gasteiger partial charge < -0.3 is 4.57 Å². The molecule has 2 aromatic carbocycles. The Bertz CT molecular complexity index is 1480. The number of carbonyl (C=O) groups is 2. The Hall–Kier alpha value is -3.27. The van der Waals surface area contributed by atoms with Gasteiger partial charge >= 0.3 is 0 Å². The molecule has 2 heterocycles. The van der Waals surface area contributed by atoms with Gasteiger partial charge in [0.2, 0.25) is 5.69 Å². The number of nitrogens with zero attached hydrogens (tertiary/aromatic N) is 2. The van der Waals surface area contributed by atoms with Crippen molar-refractivity contribution in [1.82, 2.24) is 4.57 Å². The van der Waals surface area contributed by atoms with E-state index in [1.807, 2.05) is 48.2 Å². The van der Waals surface area contributed by atoms with Gasteiger partial charge in [-0.2, -0.15) is 4.58 Å². The SMILES string of the molecule is CC(C)CC[N+]1=C(C=C2C(=O)C(c3cn(C)c4ccccc34)C2=O)C(C)(CC2CCCC2)c2ccccc21. The fourth-order valence-corrected chi connectivity index (χ4v) is 7.25.